The average Bonchev–Trinajstić information content (AvgIpc) is 3.11. The summed E-state index contributed by atoms with van der Waals surface area (Å²) >= 11 is 0. The zero-order valence-corrected chi connectivity index (χ0v) is 15.5. The Morgan fingerprint density at radius 2 is 2.12 bits per heavy atom. The van der Waals surface area contributed by atoms with Crippen LogP contribution in [0.2, 0.25) is 0 Å². The van der Waals surface area contributed by atoms with E-state index in [1.807, 2.05) is 6.07 Å². The molecular formula is C17H26F2N4O3. The summed E-state index contributed by atoms with van der Waals surface area (Å²) in [6.07, 6.45) is -1.41. The summed E-state index contributed by atoms with van der Waals surface area (Å²) in [4.78, 5) is 26.3. The second-order valence-corrected chi connectivity index (χ2v) is 7.28. The summed E-state index contributed by atoms with van der Waals surface area (Å²) in [5.74, 6) is -0.797. The molecule has 0 unspecified atom stereocenters. The number of carbonyl (C=O) groups excluding carboxylic acids is 2. The number of hydrogen-bond acceptors (Lipinski definition) is 4. The number of amides is 2. The van der Waals surface area contributed by atoms with E-state index in [-0.39, 0.29) is 36.9 Å². The number of ether oxygens (including phenoxy) is 1. The lowest BCUT2D eigenvalue weighted by atomic mass is 9.88. The fraction of sp³-hybridized carbons (Fsp3) is 0.706. The molecule has 0 saturated carbocycles. The number of alkyl halides is 2. The highest BCUT2D eigenvalue weighted by Crippen LogP contribution is 2.33. The lowest BCUT2D eigenvalue weighted by Gasteiger charge is -2.29. The van der Waals surface area contributed by atoms with Gasteiger partial charge in [0.25, 0.3) is 0 Å². The molecule has 0 spiro atoms. The maximum absolute atomic E-state index is 12.8. The second kappa shape index (κ2) is 8.11. The van der Waals surface area contributed by atoms with E-state index in [2.05, 4.69) is 10.4 Å². The Labute approximate surface area is 151 Å². The van der Waals surface area contributed by atoms with Crippen LogP contribution in [0.1, 0.15) is 31.9 Å². The van der Waals surface area contributed by atoms with Crippen molar-refractivity contribution in [1.29, 1.82) is 0 Å². The van der Waals surface area contributed by atoms with Gasteiger partial charge in [-0.15, -0.1) is 0 Å². The van der Waals surface area contributed by atoms with E-state index < -0.39 is 18.3 Å². The molecule has 7 nitrogen and oxygen atoms in total. The number of aryl methyl sites for hydroxylation is 1. The molecule has 1 fully saturated rings. The van der Waals surface area contributed by atoms with E-state index in [1.54, 1.807) is 22.8 Å². The molecule has 2 rings (SSSR count). The number of methoxy groups -OCH3 is 1. The van der Waals surface area contributed by atoms with Crippen LogP contribution < -0.4 is 5.32 Å². The van der Waals surface area contributed by atoms with Crippen molar-refractivity contribution in [2.24, 2.45) is 12.5 Å². The first-order valence-corrected chi connectivity index (χ1v) is 8.49. The van der Waals surface area contributed by atoms with Crippen molar-refractivity contribution >= 4 is 11.8 Å². The third-order valence-electron chi connectivity index (χ3n) is 4.71. The van der Waals surface area contributed by atoms with Gasteiger partial charge in [-0.1, -0.05) is 13.8 Å². The molecule has 0 aliphatic carbocycles. The highest BCUT2D eigenvalue weighted by Gasteiger charge is 2.43. The molecule has 0 bridgehead atoms. The van der Waals surface area contributed by atoms with Crippen molar-refractivity contribution in [1.82, 2.24) is 20.0 Å². The summed E-state index contributed by atoms with van der Waals surface area (Å²) < 4.78 is 32.2. The average molecular weight is 372 g/mol. The van der Waals surface area contributed by atoms with Gasteiger partial charge in [0.05, 0.1) is 6.04 Å². The van der Waals surface area contributed by atoms with Crippen LogP contribution >= 0.6 is 0 Å². The zero-order chi connectivity index (χ0) is 19.5. The predicted octanol–water partition coefficient (Wildman–Crippen LogP) is 1.16. The number of hydrogen-bond donors (Lipinski definition) is 1. The van der Waals surface area contributed by atoms with Gasteiger partial charge in [-0.25, -0.2) is 8.78 Å². The first kappa shape index (κ1) is 20.3. The number of rotatable bonds is 7. The maximum Gasteiger partial charge on any atom is 0.246 e. The molecule has 2 amide bonds. The van der Waals surface area contributed by atoms with Gasteiger partial charge >= 0.3 is 0 Å². The summed E-state index contributed by atoms with van der Waals surface area (Å²) in [6, 6.07) is 1.50. The third-order valence-corrected chi connectivity index (χ3v) is 4.71. The molecule has 9 heteroatoms. The van der Waals surface area contributed by atoms with Crippen molar-refractivity contribution < 1.29 is 23.1 Å². The van der Waals surface area contributed by atoms with Crippen LogP contribution in [0.25, 0.3) is 0 Å². The van der Waals surface area contributed by atoms with Gasteiger partial charge in [-0.3, -0.25) is 14.3 Å². The molecule has 146 valence electrons. The topological polar surface area (TPSA) is 76.5 Å². The molecule has 0 radical (unpaired) electrons. The number of likely N-dealkylation sites (tertiary alicyclic amines) is 1. The van der Waals surface area contributed by atoms with Gasteiger partial charge < -0.3 is 15.0 Å². The van der Waals surface area contributed by atoms with E-state index in [4.69, 9.17) is 4.74 Å². The van der Waals surface area contributed by atoms with Crippen LogP contribution in [-0.2, 0) is 21.4 Å². The molecule has 1 aliphatic rings. The van der Waals surface area contributed by atoms with Gasteiger partial charge in [0.2, 0.25) is 18.2 Å². The molecule has 1 saturated heterocycles. The Morgan fingerprint density at radius 3 is 2.65 bits per heavy atom. The Morgan fingerprint density at radius 1 is 1.42 bits per heavy atom. The van der Waals surface area contributed by atoms with Crippen LogP contribution in [-0.4, -0.2) is 65.8 Å². The minimum atomic E-state index is -2.55. The molecule has 1 aromatic heterocycles. The van der Waals surface area contributed by atoms with Crippen molar-refractivity contribution in [2.45, 2.75) is 38.7 Å². The summed E-state index contributed by atoms with van der Waals surface area (Å²) in [5.41, 5.74) is -0.300. The normalized spacial score (nSPS) is 20.7. The summed E-state index contributed by atoms with van der Waals surface area (Å²) in [6.45, 7) is 3.56. The molecule has 2 atom stereocenters. The Kier molecular flexibility index (Phi) is 6.33. The fourth-order valence-corrected chi connectivity index (χ4v) is 3.44. The number of aromatic nitrogens is 2. The van der Waals surface area contributed by atoms with Gasteiger partial charge in [-0.05, 0) is 6.07 Å². The predicted molar refractivity (Wildman–Crippen MR) is 90.7 cm³/mol. The Hall–Kier alpha value is -2.03. The van der Waals surface area contributed by atoms with Gasteiger partial charge in [0, 0.05) is 56.9 Å². The van der Waals surface area contributed by atoms with Crippen molar-refractivity contribution in [3.05, 3.63) is 18.0 Å². The van der Waals surface area contributed by atoms with Gasteiger partial charge in [-0.2, -0.15) is 5.10 Å². The van der Waals surface area contributed by atoms with Crippen LogP contribution in [0, 0.1) is 5.41 Å². The number of nitrogens with one attached hydrogen (secondary N) is 1. The van der Waals surface area contributed by atoms with Gasteiger partial charge in [0.15, 0.2) is 0 Å². The highest BCUT2D eigenvalue weighted by atomic mass is 19.3. The molecular weight excluding hydrogens is 346 g/mol. The van der Waals surface area contributed by atoms with E-state index in [0.29, 0.717) is 6.54 Å². The SMILES string of the molecule is COCC(=O)N[C@@H]1CN(C(=O)C(C)(C)CC(F)F)C[C@H]1c1ccnn1C. The van der Waals surface area contributed by atoms with E-state index in [0.717, 1.165) is 5.69 Å². The molecule has 1 aliphatic heterocycles. The number of nitrogens with zero attached hydrogens (tertiary/aromatic N) is 3. The van der Waals surface area contributed by atoms with E-state index in [1.165, 1.54) is 21.0 Å². The monoisotopic (exact) mass is 372 g/mol. The molecule has 1 N–H and O–H groups in total. The zero-order valence-electron chi connectivity index (χ0n) is 15.5. The van der Waals surface area contributed by atoms with E-state index in [9.17, 15) is 18.4 Å². The largest absolute Gasteiger partial charge is 0.375 e. The minimum absolute atomic E-state index is 0.0839. The first-order chi connectivity index (χ1) is 12.2. The molecule has 26 heavy (non-hydrogen) atoms. The maximum atomic E-state index is 12.8. The summed E-state index contributed by atoms with van der Waals surface area (Å²) in [7, 11) is 3.21. The second-order valence-electron chi connectivity index (χ2n) is 7.28. The quantitative estimate of drug-likeness (QED) is 0.779. The first-order valence-electron chi connectivity index (χ1n) is 8.49. The van der Waals surface area contributed by atoms with Crippen molar-refractivity contribution in [3.8, 4) is 0 Å². The highest BCUT2D eigenvalue weighted by molar-refractivity contribution is 5.83. The standard InChI is InChI=1S/C17H26F2N4O3/c1-17(2,7-14(18)19)16(25)23-8-11(13-5-6-20-22(13)3)12(9-23)21-15(24)10-26-4/h5-6,11-12,14H,7-10H2,1-4H3,(H,21,24)/t11-,12-/m1/s1. The Bertz CT molecular complexity index is 648. The Balaban J connectivity index is 2.20. The van der Waals surface area contributed by atoms with Gasteiger partial charge in [0.1, 0.15) is 6.61 Å². The van der Waals surface area contributed by atoms with Crippen LogP contribution in [0.3, 0.4) is 0 Å². The van der Waals surface area contributed by atoms with Crippen molar-refractivity contribution in [2.75, 3.05) is 26.8 Å². The lowest BCUT2D eigenvalue weighted by Crippen LogP contribution is -2.44. The minimum Gasteiger partial charge on any atom is -0.375 e. The number of carbonyl (C=O) groups is 2. The van der Waals surface area contributed by atoms with Crippen molar-refractivity contribution in [3.63, 3.8) is 0 Å². The molecule has 2 heterocycles. The van der Waals surface area contributed by atoms with E-state index >= 15 is 0 Å². The molecule has 1 aromatic rings. The summed E-state index contributed by atoms with van der Waals surface area (Å²) in [5, 5.41) is 7.02. The fourth-order valence-electron chi connectivity index (χ4n) is 3.44. The number of halogens is 2. The molecule has 0 aromatic carbocycles. The van der Waals surface area contributed by atoms with Crippen LogP contribution in [0.4, 0.5) is 8.78 Å². The third kappa shape index (κ3) is 4.57. The van der Waals surface area contributed by atoms with Crippen LogP contribution in [0.15, 0.2) is 12.3 Å². The smallest absolute Gasteiger partial charge is 0.246 e. The van der Waals surface area contributed by atoms with Crippen LogP contribution in [0.5, 0.6) is 0 Å². The lowest BCUT2D eigenvalue weighted by molar-refractivity contribution is -0.141.